The maximum Gasteiger partial charge on any atom is 0.154 e. The molecule has 0 fully saturated rings. The SMILES string of the molecule is Cc1ccc(C(N)=S)c(NC(C)c2nncn2C)n1. The Morgan fingerprint density at radius 3 is 2.79 bits per heavy atom. The average Bonchev–Trinajstić information content (AvgIpc) is 2.75. The topological polar surface area (TPSA) is 81.6 Å². The third-order valence-corrected chi connectivity index (χ3v) is 3.01. The lowest BCUT2D eigenvalue weighted by Gasteiger charge is -2.16. The number of pyridine rings is 1. The third kappa shape index (κ3) is 2.87. The van der Waals surface area contributed by atoms with Crippen LogP contribution >= 0.6 is 12.2 Å². The zero-order valence-electron chi connectivity index (χ0n) is 11.1. The van der Waals surface area contributed by atoms with Gasteiger partial charge >= 0.3 is 0 Å². The van der Waals surface area contributed by atoms with Gasteiger partial charge in [-0.05, 0) is 26.0 Å². The van der Waals surface area contributed by atoms with Crippen molar-refractivity contribution in [3.05, 3.63) is 35.5 Å². The molecule has 2 aromatic heterocycles. The van der Waals surface area contributed by atoms with E-state index in [0.717, 1.165) is 17.1 Å². The lowest BCUT2D eigenvalue weighted by atomic mass is 10.2. The van der Waals surface area contributed by atoms with Crippen LogP contribution in [0.2, 0.25) is 0 Å². The molecule has 0 bridgehead atoms. The van der Waals surface area contributed by atoms with Crippen LogP contribution in [-0.2, 0) is 7.05 Å². The molecule has 7 heteroatoms. The largest absolute Gasteiger partial charge is 0.389 e. The highest BCUT2D eigenvalue weighted by molar-refractivity contribution is 7.80. The van der Waals surface area contributed by atoms with Crippen LogP contribution in [0.1, 0.15) is 30.0 Å². The first-order chi connectivity index (χ1) is 8.99. The Hall–Kier alpha value is -2.02. The summed E-state index contributed by atoms with van der Waals surface area (Å²) in [5, 5.41) is 11.2. The van der Waals surface area contributed by atoms with Crippen molar-refractivity contribution >= 4 is 23.0 Å². The minimum Gasteiger partial charge on any atom is -0.389 e. The van der Waals surface area contributed by atoms with Gasteiger partial charge in [0, 0.05) is 12.7 Å². The first-order valence-electron chi connectivity index (χ1n) is 5.87. The average molecular weight is 276 g/mol. The highest BCUT2D eigenvalue weighted by Gasteiger charge is 2.15. The molecule has 100 valence electrons. The first kappa shape index (κ1) is 13.4. The predicted octanol–water partition coefficient (Wildman–Crippen LogP) is 1.33. The van der Waals surface area contributed by atoms with Crippen molar-refractivity contribution in [3.8, 4) is 0 Å². The molecular weight excluding hydrogens is 260 g/mol. The lowest BCUT2D eigenvalue weighted by Crippen LogP contribution is -2.18. The van der Waals surface area contributed by atoms with E-state index in [1.165, 1.54) is 0 Å². The van der Waals surface area contributed by atoms with Gasteiger partial charge in [0.05, 0.1) is 11.6 Å². The second kappa shape index (κ2) is 5.31. The summed E-state index contributed by atoms with van der Waals surface area (Å²) in [6, 6.07) is 3.71. The molecular formula is C12H16N6S. The van der Waals surface area contributed by atoms with Crippen molar-refractivity contribution in [2.24, 2.45) is 12.8 Å². The van der Waals surface area contributed by atoms with Crippen molar-refractivity contribution in [3.63, 3.8) is 0 Å². The van der Waals surface area contributed by atoms with E-state index in [2.05, 4.69) is 20.5 Å². The molecule has 2 heterocycles. The van der Waals surface area contributed by atoms with Crippen LogP contribution in [-0.4, -0.2) is 24.7 Å². The fourth-order valence-electron chi connectivity index (χ4n) is 1.82. The molecule has 0 saturated carbocycles. The standard InChI is InChI=1S/C12H16N6S/c1-7-4-5-9(10(13)19)11(15-7)16-8(2)12-17-14-6-18(12)3/h4-6,8H,1-3H3,(H2,13,19)(H,15,16). The smallest absolute Gasteiger partial charge is 0.154 e. The van der Waals surface area contributed by atoms with Gasteiger partial charge in [0.2, 0.25) is 0 Å². The second-order valence-electron chi connectivity index (χ2n) is 4.38. The number of nitrogens with two attached hydrogens (primary N) is 1. The molecule has 1 unspecified atom stereocenters. The van der Waals surface area contributed by atoms with Crippen LogP contribution in [0.25, 0.3) is 0 Å². The van der Waals surface area contributed by atoms with Crippen molar-refractivity contribution in [1.82, 2.24) is 19.7 Å². The van der Waals surface area contributed by atoms with E-state index in [4.69, 9.17) is 18.0 Å². The van der Waals surface area contributed by atoms with Crippen LogP contribution in [0.15, 0.2) is 18.5 Å². The number of thiocarbonyl (C=S) groups is 1. The van der Waals surface area contributed by atoms with E-state index >= 15 is 0 Å². The highest BCUT2D eigenvalue weighted by Crippen LogP contribution is 2.19. The van der Waals surface area contributed by atoms with Crippen LogP contribution in [0.4, 0.5) is 5.82 Å². The van der Waals surface area contributed by atoms with Crippen molar-refractivity contribution in [2.45, 2.75) is 19.9 Å². The number of rotatable bonds is 4. The number of hydrogen-bond donors (Lipinski definition) is 2. The molecule has 0 aliphatic rings. The van der Waals surface area contributed by atoms with E-state index in [0.29, 0.717) is 10.8 Å². The van der Waals surface area contributed by atoms with Gasteiger partial charge < -0.3 is 15.6 Å². The number of aryl methyl sites for hydroxylation is 2. The Morgan fingerprint density at radius 1 is 1.47 bits per heavy atom. The Kier molecular flexibility index (Phi) is 3.75. The molecule has 0 aliphatic heterocycles. The summed E-state index contributed by atoms with van der Waals surface area (Å²) < 4.78 is 1.86. The summed E-state index contributed by atoms with van der Waals surface area (Å²) in [5.41, 5.74) is 7.33. The molecule has 0 radical (unpaired) electrons. The monoisotopic (exact) mass is 276 g/mol. The lowest BCUT2D eigenvalue weighted by molar-refractivity contribution is 0.716. The Morgan fingerprint density at radius 2 is 2.21 bits per heavy atom. The van der Waals surface area contributed by atoms with Gasteiger partial charge in [-0.15, -0.1) is 10.2 Å². The fourth-order valence-corrected chi connectivity index (χ4v) is 1.98. The van der Waals surface area contributed by atoms with Gasteiger partial charge in [-0.3, -0.25) is 0 Å². The number of nitrogens with zero attached hydrogens (tertiary/aromatic N) is 4. The van der Waals surface area contributed by atoms with Gasteiger partial charge in [-0.2, -0.15) is 0 Å². The number of nitrogens with one attached hydrogen (secondary N) is 1. The summed E-state index contributed by atoms with van der Waals surface area (Å²) in [7, 11) is 1.89. The van der Waals surface area contributed by atoms with E-state index < -0.39 is 0 Å². The molecule has 2 rings (SSSR count). The van der Waals surface area contributed by atoms with Crippen molar-refractivity contribution in [2.75, 3.05) is 5.32 Å². The van der Waals surface area contributed by atoms with E-state index in [-0.39, 0.29) is 6.04 Å². The van der Waals surface area contributed by atoms with E-state index in [9.17, 15) is 0 Å². The third-order valence-electron chi connectivity index (χ3n) is 2.79. The zero-order chi connectivity index (χ0) is 14.0. The second-order valence-corrected chi connectivity index (χ2v) is 4.82. The maximum absolute atomic E-state index is 5.71. The summed E-state index contributed by atoms with van der Waals surface area (Å²) >= 11 is 5.04. The molecule has 0 aromatic carbocycles. The number of aromatic nitrogens is 4. The van der Waals surface area contributed by atoms with Gasteiger partial charge in [-0.25, -0.2) is 4.98 Å². The molecule has 0 amide bonds. The van der Waals surface area contributed by atoms with Gasteiger partial charge in [-0.1, -0.05) is 12.2 Å². The maximum atomic E-state index is 5.71. The molecule has 3 N–H and O–H groups in total. The van der Waals surface area contributed by atoms with Crippen molar-refractivity contribution in [1.29, 1.82) is 0 Å². The Labute approximate surface area is 117 Å². The molecule has 1 atom stereocenters. The van der Waals surface area contributed by atoms with Gasteiger partial charge in [0.25, 0.3) is 0 Å². The van der Waals surface area contributed by atoms with Crippen LogP contribution in [0.3, 0.4) is 0 Å². The molecule has 6 nitrogen and oxygen atoms in total. The van der Waals surface area contributed by atoms with Crippen molar-refractivity contribution < 1.29 is 0 Å². The van der Waals surface area contributed by atoms with E-state index in [1.54, 1.807) is 6.33 Å². The number of anilines is 1. The van der Waals surface area contributed by atoms with Gasteiger partial charge in [0.15, 0.2) is 5.82 Å². The summed E-state index contributed by atoms with van der Waals surface area (Å²) in [5.74, 6) is 1.49. The van der Waals surface area contributed by atoms with Gasteiger partial charge in [0.1, 0.15) is 17.1 Å². The number of hydrogen-bond acceptors (Lipinski definition) is 5. The quantitative estimate of drug-likeness (QED) is 0.820. The molecule has 0 saturated heterocycles. The van der Waals surface area contributed by atoms with E-state index in [1.807, 2.05) is 37.6 Å². The van der Waals surface area contributed by atoms with Crippen LogP contribution in [0, 0.1) is 6.92 Å². The predicted molar refractivity (Wildman–Crippen MR) is 77.9 cm³/mol. The normalized spacial score (nSPS) is 12.2. The summed E-state index contributed by atoms with van der Waals surface area (Å²) in [6.07, 6.45) is 1.66. The zero-order valence-corrected chi connectivity index (χ0v) is 11.9. The van der Waals surface area contributed by atoms with Crippen LogP contribution in [0.5, 0.6) is 0 Å². The minimum atomic E-state index is -0.0464. The molecule has 2 aromatic rings. The highest BCUT2D eigenvalue weighted by atomic mass is 32.1. The molecule has 0 aliphatic carbocycles. The fraction of sp³-hybridized carbons (Fsp3) is 0.333. The summed E-state index contributed by atoms with van der Waals surface area (Å²) in [6.45, 7) is 3.90. The molecule has 19 heavy (non-hydrogen) atoms. The Bertz CT molecular complexity index is 606. The molecule has 0 spiro atoms. The van der Waals surface area contributed by atoms with Crippen LogP contribution < -0.4 is 11.1 Å². The minimum absolute atomic E-state index is 0.0464. The first-order valence-corrected chi connectivity index (χ1v) is 6.27. The summed E-state index contributed by atoms with van der Waals surface area (Å²) in [4.78, 5) is 4.76. The Balaban J connectivity index is 2.30.